The van der Waals surface area contributed by atoms with Crippen LogP contribution in [0.1, 0.15) is 42.8 Å². The monoisotopic (exact) mass is 343 g/mol. The minimum Gasteiger partial charge on any atom is -0.444 e. The van der Waals surface area contributed by atoms with Crippen LogP contribution < -0.4 is 5.32 Å². The molecule has 7 heteroatoms. The van der Waals surface area contributed by atoms with E-state index in [0.717, 1.165) is 0 Å². The van der Waals surface area contributed by atoms with Gasteiger partial charge in [0.15, 0.2) is 5.78 Å². The molecule has 0 aliphatic carbocycles. The van der Waals surface area contributed by atoms with Crippen LogP contribution in [0.15, 0.2) is 24.3 Å². The van der Waals surface area contributed by atoms with Crippen molar-refractivity contribution in [3.05, 3.63) is 35.4 Å². The summed E-state index contributed by atoms with van der Waals surface area (Å²) >= 11 is 5.46. The molecule has 2 unspecified atom stereocenters. The Hall–Kier alpha value is -1.63. The second-order valence-electron chi connectivity index (χ2n) is 6.07. The molecule has 0 bridgehead atoms. The van der Waals surface area contributed by atoms with Crippen LogP contribution >= 0.6 is 11.6 Å². The lowest BCUT2D eigenvalue weighted by molar-refractivity contribution is 0.0129. The first kappa shape index (κ1) is 19.4. The van der Waals surface area contributed by atoms with Crippen molar-refractivity contribution in [2.45, 2.75) is 38.6 Å². The molecule has 0 aliphatic heterocycles. The first-order chi connectivity index (χ1) is 10.6. The number of halogens is 1. The highest BCUT2D eigenvalue weighted by Gasteiger charge is 2.21. The van der Waals surface area contributed by atoms with Gasteiger partial charge in [-0.2, -0.15) is 0 Å². The van der Waals surface area contributed by atoms with Crippen molar-refractivity contribution < 1.29 is 24.5 Å². The van der Waals surface area contributed by atoms with E-state index in [-0.39, 0.29) is 18.2 Å². The van der Waals surface area contributed by atoms with E-state index in [2.05, 4.69) is 5.32 Å². The molecule has 0 saturated heterocycles. The number of nitrogens with one attached hydrogen (secondary N) is 1. The SMILES string of the molecule is CC(C)(C)OC(=O)NCC(O)C(O)c1ccc(C(=O)CCl)cc1. The standard InChI is InChI=1S/C16H22ClNO5/c1-16(2,3)23-15(22)18-9-13(20)14(21)11-6-4-10(5-7-11)12(19)8-17/h4-7,13-14,20-21H,8-9H2,1-3H3,(H,18,22). The third-order valence-corrected chi connectivity index (χ3v) is 3.16. The average molecular weight is 344 g/mol. The Bertz CT molecular complexity index is 538. The molecular weight excluding hydrogens is 322 g/mol. The van der Waals surface area contributed by atoms with Gasteiger partial charge in [0, 0.05) is 12.1 Å². The molecule has 0 aromatic heterocycles. The van der Waals surface area contributed by atoms with Crippen LogP contribution in [0.2, 0.25) is 0 Å². The maximum atomic E-state index is 11.5. The molecule has 0 saturated carbocycles. The zero-order valence-corrected chi connectivity index (χ0v) is 14.1. The van der Waals surface area contributed by atoms with Crippen molar-refractivity contribution in [1.29, 1.82) is 0 Å². The number of alkyl carbamates (subject to hydrolysis) is 1. The Labute approximate surface area is 140 Å². The maximum Gasteiger partial charge on any atom is 0.407 e. The normalized spacial score (nSPS) is 14.0. The van der Waals surface area contributed by atoms with Crippen LogP contribution in [0.3, 0.4) is 0 Å². The van der Waals surface area contributed by atoms with Gasteiger partial charge in [-0.3, -0.25) is 4.79 Å². The zero-order chi connectivity index (χ0) is 17.6. The summed E-state index contributed by atoms with van der Waals surface area (Å²) in [6.07, 6.45) is -3.09. The topological polar surface area (TPSA) is 95.9 Å². The van der Waals surface area contributed by atoms with Gasteiger partial charge in [-0.05, 0) is 26.3 Å². The summed E-state index contributed by atoms with van der Waals surface area (Å²) in [7, 11) is 0. The number of benzene rings is 1. The second-order valence-corrected chi connectivity index (χ2v) is 6.34. The van der Waals surface area contributed by atoms with Gasteiger partial charge < -0.3 is 20.3 Å². The summed E-state index contributed by atoms with van der Waals surface area (Å²) in [6, 6.07) is 6.11. The predicted molar refractivity (Wildman–Crippen MR) is 86.7 cm³/mol. The fraction of sp³-hybridized carbons (Fsp3) is 0.500. The highest BCUT2D eigenvalue weighted by molar-refractivity contribution is 6.30. The molecular formula is C16H22ClNO5. The lowest BCUT2D eigenvalue weighted by atomic mass is 10.0. The second kappa shape index (κ2) is 8.29. The van der Waals surface area contributed by atoms with Gasteiger partial charge in [-0.25, -0.2) is 4.79 Å². The number of amides is 1. The number of carbonyl (C=O) groups is 2. The number of hydrogen-bond acceptors (Lipinski definition) is 5. The van der Waals surface area contributed by atoms with Crippen molar-refractivity contribution in [3.8, 4) is 0 Å². The Kier molecular flexibility index (Phi) is 7.00. The number of carbonyl (C=O) groups excluding carboxylic acids is 2. The van der Waals surface area contributed by atoms with E-state index in [1.807, 2.05) is 0 Å². The van der Waals surface area contributed by atoms with Gasteiger partial charge in [0.2, 0.25) is 0 Å². The summed E-state index contributed by atoms with van der Waals surface area (Å²) in [5.74, 6) is -0.343. The third kappa shape index (κ3) is 6.56. The van der Waals surface area contributed by atoms with E-state index in [1.165, 1.54) is 24.3 Å². The van der Waals surface area contributed by atoms with Gasteiger partial charge in [0.25, 0.3) is 0 Å². The van der Waals surface area contributed by atoms with Crippen molar-refractivity contribution in [3.63, 3.8) is 0 Å². The number of ether oxygens (including phenoxy) is 1. The highest BCUT2D eigenvalue weighted by atomic mass is 35.5. The van der Waals surface area contributed by atoms with Gasteiger partial charge >= 0.3 is 6.09 Å². The van der Waals surface area contributed by atoms with Crippen molar-refractivity contribution in [2.24, 2.45) is 0 Å². The van der Waals surface area contributed by atoms with Crippen molar-refractivity contribution in [1.82, 2.24) is 5.32 Å². The molecule has 1 aromatic carbocycles. The molecule has 128 valence electrons. The predicted octanol–water partition coefficient (Wildman–Crippen LogP) is 2.03. The van der Waals surface area contributed by atoms with Crippen molar-refractivity contribution in [2.75, 3.05) is 12.4 Å². The molecule has 0 heterocycles. The van der Waals surface area contributed by atoms with E-state index >= 15 is 0 Å². The molecule has 23 heavy (non-hydrogen) atoms. The molecule has 0 aliphatic rings. The molecule has 0 radical (unpaired) electrons. The summed E-state index contributed by atoms with van der Waals surface area (Å²) < 4.78 is 5.04. The van der Waals surface area contributed by atoms with Crippen LogP contribution in [0.4, 0.5) is 4.79 Å². The van der Waals surface area contributed by atoms with E-state index in [1.54, 1.807) is 20.8 Å². The fourth-order valence-electron chi connectivity index (χ4n) is 1.78. The quantitative estimate of drug-likeness (QED) is 0.542. The van der Waals surface area contributed by atoms with E-state index in [9.17, 15) is 19.8 Å². The Morgan fingerprint density at radius 2 is 1.78 bits per heavy atom. The van der Waals surface area contributed by atoms with Crippen LogP contribution in [-0.2, 0) is 4.74 Å². The summed E-state index contributed by atoms with van der Waals surface area (Å²) in [6.45, 7) is 5.00. The van der Waals surface area contributed by atoms with E-state index < -0.39 is 23.9 Å². The summed E-state index contributed by atoms with van der Waals surface area (Å²) in [5.41, 5.74) is 0.213. The number of alkyl halides is 1. The molecule has 1 aromatic rings. The number of Topliss-reactive ketones (excluding diaryl/α,β-unsaturated/α-hetero) is 1. The molecule has 3 N–H and O–H groups in total. The van der Waals surface area contributed by atoms with Crippen LogP contribution in [0.5, 0.6) is 0 Å². The largest absolute Gasteiger partial charge is 0.444 e. The molecule has 1 amide bonds. The van der Waals surface area contributed by atoms with E-state index in [0.29, 0.717) is 11.1 Å². The zero-order valence-electron chi connectivity index (χ0n) is 13.4. The number of hydrogen-bond donors (Lipinski definition) is 3. The molecule has 0 spiro atoms. The number of ketones is 1. The Morgan fingerprint density at radius 1 is 1.22 bits per heavy atom. The highest BCUT2D eigenvalue weighted by Crippen LogP contribution is 2.18. The van der Waals surface area contributed by atoms with E-state index in [4.69, 9.17) is 16.3 Å². The first-order valence-corrected chi connectivity index (χ1v) is 7.69. The number of rotatable bonds is 6. The van der Waals surface area contributed by atoms with Crippen LogP contribution in [0.25, 0.3) is 0 Å². The molecule has 1 rings (SSSR count). The van der Waals surface area contributed by atoms with Crippen molar-refractivity contribution >= 4 is 23.5 Å². The summed E-state index contributed by atoms with van der Waals surface area (Å²) in [5, 5.41) is 22.4. The number of aliphatic hydroxyl groups is 2. The maximum absolute atomic E-state index is 11.5. The van der Waals surface area contributed by atoms with Gasteiger partial charge in [0.1, 0.15) is 17.8 Å². The van der Waals surface area contributed by atoms with Gasteiger partial charge in [-0.1, -0.05) is 24.3 Å². The summed E-state index contributed by atoms with van der Waals surface area (Å²) in [4.78, 5) is 22.9. The first-order valence-electron chi connectivity index (χ1n) is 7.16. The minimum atomic E-state index is -1.21. The molecule has 0 fully saturated rings. The minimum absolute atomic E-state index is 0.121. The lowest BCUT2D eigenvalue weighted by Crippen LogP contribution is -2.38. The smallest absolute Gasteiger partial charge is 0.407 e. The van der Waals surface area contributed by atoms with Gasteiger partial charge in [0.05, 0.1) is 5.88 Å². The fourth-order valence-corrected chi connectivity index (χ4v) is 1.93. The van der Waals surface area contributed by atoms with Crippen LogP contribution in [0, 0.1) is 0 Å². The molecule has 2 atom stereocenters. The van der Waals surface area contributed by atoms with Gasteiger partial charge in [-0.15, -0.1) is 11.6 Å². The van der Waals surface area contributed by atoms with Crippen LogP contribution in [-0.4, -0.2) is 46.2 Å². The average Bonchev–Trinajstić information content (AvgIpc) is 2.49. The number of aliphatic hydroxyl groups excluding tert-OH is 2. The lowest BCUT2D eigenvalue weighted by Gasteiger charge is -2.22. The Balaban J connectivity index is 2.58. The molecule has 6 nitrogen and oxygen atoms in total. The third-order valence-electron chi connectivity index (χ3n) is 2.91. The Morgan fingerprint density at radius 3 is 2.26 bits per heavy atom.